The number of ether oxygens (including phenoxy) is 3. The maximum atomic E-state index is 12.6. The number of hydrogen-bond acceptors (Lipinski definition) is 5. The number of hydrazone groups is 1. The van der Waals surface area contributed by atoms with Crippen LogP contribution in [0.15, 0.2) is 90.0 Å². The second kappa shape index (κ2) is 9.78. The normalized spacial score (nSPS) is 10.6. The SMILES string of the molecule is COc1cccc(C=NNC(=O)C(Oc2ccccc2)Oc2ccccc2)c1. The van der Waals surface area contributed by atoms with Crippen molar-refractivity contribution in [2.75, 3.05) is 7.11 Å². The predicted molar refractivity (Wildman–Crippen MR) is 107 cm³/mol. The molecule has 0 radical (unpaired) electrons. The molecule has 3 rings (SSSR count). The Morgan fingerprint density at radius 2 is 1.43 bits per heavy atom. The van der Waals surface area contributed by atoms with Gasteiger partial charge in [0.2, 0.25) is 0 Å². The van der Waals surface area contributed by atoms with Crippen LogP contribution in [0.1, 0.15) is 5.56 Å². The van der Waals surface area contributed by atoms with E-state index >= 15 is 0 Å². The van der Waals surface area contributed by atoms with Crippen LogP contribution in [0, 0.1) is 0 Å². The number of carbonyl (C=O) groups excluding carboxylic acids is 1. The number of hydrogen-bond donors (Lipinski definition) is 1. The molecule has 0 saturated heterocycles. The first-order valence-electron chi connectivity index (χ1n) is 8.65. The van der Waals surface area contributed by atoms with Crippen LogP contribution < -0.4 is 19.6 Å². The number of nitrogens with one attached hydrogen (secondary N) is 1. The van der Waals surface area contributed by atoms with Crippen molar-refractivity contribution in [2.24, 2.45) is 5.10 Å². The van der Waals surface area contributed by atoms with Crippen molar-refractivity contribution in [3.8, 4) is 17.2 Å². The Labute approximate surface area is 163 Å². The predicted octanol–water partition coefficient (Wildman–Crippen LogP) is 3.63. The van der Waals surface area contributed by atoms with E-state index in [0.29, 0.717) is 17.2 Å². The van der Waals surface area contributed by atoms with Crippen LogP contribution in [0.2, 0.25) is 0 Å². The van der Waals surface area contributed by atoms with Crippen LogP contribution in [0.5, 0.6) is 17.2 Å². The lowest BCUT2D eigenvalue weighted by molar-refractivity contribution is -0.140. The van der Waals surface area contributed by atoms with Crippen molar-refractivity contribution < 1.29 is 19.0 Å². The summed E-state index contributed by atoms with van der Waals surface area (Å²) in [5.41, 5.74) is 3.23. The van der Waals surface area contributed by atoms with Crippen LogP contribution in [-0.4, -0.2) is 25.5 Å². The van der Waals surface area contributed by atoms with Gasteiger partial charge in [-0.05, 0) is 42.0 Å². The molecule has 6 heteroatoms. The van der Waals surface area contributed by atoms with E-state index < -0.39 is 12.2 Å². The summed E-state index contributed by atoms with van der Waals surface area (Å²) in [7, 11) is 1.59. The summed E-state index contributed by atoms with van der Waals surface area (Å²) < 4.78 is 16.5. The average Bonchev–Trinajstić information content (AvgIpc) is 2.75. The lowest BCUT2D eigenvalue weighted by Gasteiger charge is -2.18. The highest BCUT2D eigenvalue weighted by atomic mass is 16.7. The summed E-state index contributed by atoms with van der Waals surface area (Å²) in [5.74, 6) is 1.19. The largest absolute Gasteiger partial charge is 0.497 e. The highest BCUT2D eigenvalue weighted by Gasteiger charge is 2.22. The zero-order valence-electron chi connectivity index (χ0n) is 15.3. The van der Waals surface area contributed by atoms with Crippen molar-refractivity contribution in [3.05, 3.63) is 90.5 Å². The Morgan fingerprint density at radius 1 is 0.857 bits per heavy atom. The molecule has 0 aliphatic rings. The molecule has 0 aliphatic heterocycles. The molecule has 1 amide bonds. The van der Waals surface area contributed by atoms with Crippen molar-refractivity contribution in [3.63, 3.8) is 0 Å². The second-order valence-corrected chi connectivity index (χ2v) is 5.70. The van der Waals surface area contributed by atoms with Crippen molar-refractivity contribution in [1.29, 1.82) is 0 Å². The Bertz CT molecular complexity index is 873. The standard InChI is InChI=1S/C22H20N2O4/c1-26-20-14-8-9-17(15-20)16-23-24-21(25)22(27-18-10-4-2-5-11-18)28-19-12-6-3-7-13-19/h2-16,22H,1H3,(H,24,25). The monoisotopic (exact) mass is 376 g/mol. The Kier molecular flexibility index (Phi) is 6.62. The fourth-order valence-corrected chi connectivity index (χ4v) is 2.32. The van der Waals surface area contributed by atoms with Gasteiger partial charge in [-0.2, -0.15) is 5.10 Å². The fraction of sp³-hybridized carbons (Fsp3) is 0.0909. The molecule has 0 bridgehead atoms. The molecular formula is C22H20N2O4. The van der Waals surface area contributed by atoms with Gasteiger partial charge in [-0.1, -0.05) is 48.5 Å². The van der Waals surface area contributed by atoms with Crippen LogP contribution in [0.3, 0.4) is 0 Å². The molecule has 0 saturated carbocycles. The fourth-order valence-electron chi connectivity index (χ4n) is 2.32. The van der Waals surface area contributed by atoms with E-state index in [4.69, 9.17) is 14.2 Å². The molecular weight excluding hydrogens is 356 g/mol. The molecule has 0 unspecified atom stereocenters. The number of nitrogens with zero attached hydrogens (tertiary/aromatic N) is 1. The summed E-state index contributed by atoms with van der Waals surface area (Å²) in [5, 5.41) is 3.98. The van der Waals surface area contributed by atoms with Gasteiger partial charge in [-0.3, -0.25) is 4.79 Å². The van der Waals surface area contributed by atoms with Gasteiger partial charge in [-0.25, -0.2) is 5.43 Å². The van der Waals surface area contributed by atoms with E-state index in [9.17, 15) is 4.79 Å². The molecule has 6 nitrogen and oxygen atoms in total. The van der Waals surface area contributed by atoms with Crippen molar-refractivity contribution >= 4 is 12.1 Å². The number of carbonyl (C=O) groups is 1. The molecule has 0 fully saturated rings. The topological polar surface area (TPSA) is 69.2 Å². The third-order valence-electron chi connectivity index (χ3n) is 3.67. The lowest BCUT2D eigenvalue weighted by Crippen LogP contribution is -2.40. The smallest absolute Gasteiger partial charge is 0.323 e. The summed E-state index contributed by atoms with van der Waals surface area (Å²) in [6.07, 6.45) is 0.315. The van der Waals surface area contributed by atoms with E-state index in [1.165, 1.54) is 6.21 Å². The third-order valence-corrected chi connectivity index (χ3v) is 3.67. The Hall–Kier alpha value is -3.80. The van der Waals surface area contributed by atoms with Gasteiger partial charge in [0.1, 0.15) is 17.2 Å². The molecule has 0 spiro atoms. The van der Waals surface area contributed by atoms with E-state index in [1.54, 1.807) is 37.4 Å². The van der Waals surface area contributed by atoms with E-state index in [-0.39, 0.29) is 0 Å². The average molecular weight is 376 g/mol. The quantitative estimate of drug-likeness (QED) is 0.370. The van der Waals surface area contributed by atoms with Crippen molar-refractivity contribution in [2.45, 2.75) is 6.29 Å². The second-order valence-electron chi connectivity index (χ2n) is 5.70. The lowest BCUT2D eigenvalue weighted by atomic mass is 10.2. The summed E-state index contributed by atoms with van der Waals surface area (Å²) >= 11 is 0. The number of amides is 1. The van der Waals surface area contributed by atoms with Gasteiger partial charge in [-0.15, -0.1) is 0 Å². The minimum atomic E-state index is -1.20. The van der Waals surface area contributed by atoms with Crippen molar-refractivity contribution in [1.82, 2.24) is 5.43 Å². The van der Waals surface area contributed by atoms with Gasteiger partial charge in [0.25, 0.3) is 0 Å². The molecule has 142 valence electrons. The zero-order valence-corrected chi connectivity index (χ0v) is 15.3. The molecule has 0 aliphatic carbocycles. The first-order chi connectivity index (χ1) is 13.7. The maximum Gasteiger partial charge on any atom is 0.323 e. The molecule has 0 heterocycles. The molecule has 1 N–H and O–H groups in total. The van der Waals surface area contributed by atoms with Crippen LogP contribution in [0.25, 0.3) is 0 Å². The minimum Gasteiger partial charge on any atom is -0.497 e. The van der Waals surface area contributed by atoms with E-state index in [0.717, 1.165) is 5.56 Å². The highest BCUT2D eigenvalue weighted by Crippen LogP contribution is 2.16. The summed E-state index contributed by atoms with van der Waals surface area (Å²) in [4.78, 5) is 12.6. The number of methoxy groups -OCH3 is 1. The molecule has 0 aromatic heterocycles. The highest BCUT2D eigenvalue weighted by molar-refractivity contribution is 5.84. The number of benzene rings is 3. The molecule has 28 heavy (non-hydrogen) atoms. The van der Waals surface area contributed by atoms with Crippen LogP contribution >= 0.6 is 0 Å². The van der Waals surface area contributed by atoms with Gasteiger partial charge in [0.05, 0.1) is 13.3 Å². The van der Waals surface area contributed by atoms with Gasteiger partial charge >= 0.3 is 12.2 Å². The van der Waals surface area contributed by atoms with Gasteiger partial charge < -0.3 is 14.2 Å². The first-order valence-corrected chi connectivity index (χ1v) is 8.65. The van der Waals surface area contributed by atoms with Crippen LogP contribution in [-0.2, 0) is 4.79 Å². The van der Waals surface area contributed by atoms with E-state index in [1.807, 2.05) is 54.6 Å². The summed E-state index contributed by atoms with van der Waals surface area (Å²) in [6.45, 7) is 0. The summed E-state index contributed by atoms with van der Waals surface area (Å²) in [6, 6.07) is 25.3. The first kappa shape index (κ1) is 19.0. The molecule has 0 atom stereocenters. The third kappa shape index (κ3) is 5.60. The van der Waals surface area contributed by atoms with Gasteiger partial charge in [0, 0.05) is 0 Å². The molecule has 3 aromatic rings. The van der Waals surface area contributed by atoms with E-state index in [2.05, 4.69) is 10.5 Å². The Balaban J connectivity index is 1.69. The maximum absolute atomic E-state index is 12.6. The number of rotatable bonds is 8. The minimum absolute atomic E-state index is 0.510. The van der Waals surface area contributed by atoms with Crippen LogP contribution in [0.4, 0.5) is 0 Å². The Morgan fingerprint density at radius 3 is 2.00 bits per heavy atom. The van der Waals surface area contributed by atoms with Gasteiger partial charge in [0.15, 0.2) is 0 Å². The molecule has 3 aromatic carbocycles. The number of para-hydroxylation sites is 2. The zero-order chi connectivity index (χ0) is 19.6.